The van der Waals surface area contributed by atoms with Gasteiger partial charge in [-0.2, -0.15) is 0 Å². The Bertz CT molecular complexity index is 1920. The monoisotopic (exact) mass is 735 g/mol. The summed E-state index contributed by atoms with van der Waals surface area (Å²) < 4.78 is 47.9. The summed E-state index contributed by atoms with van der Waals surface area (Å²) in [5, 5.41) is 3.32. The molecular formula is C38H46FN5O7S. The molecule has 0 radical (unpaired) electrons. The number of nitrogens with one attached hydrogen (secondary N) is 2. The first kappa shape index (κ1) is 35.9. The molecule has 3 aliphatic heterocycles. The molecule has 12 nitrogen and oxygen atoms in total. The molecular weight excluding hydrogens is 690 g/mol. The first-order valence-electron chi connectivity index (χ1n) is 18.2. The second-order valence-corrected chi connectivity index (χ2v) is 17.6. The lowest BCUT2D eigenvalue weighted by molar-refractivity contribution is -0.139. The van der Waals surface area contributed by atoms with Crippen molar-refractivity contribution in [2.24, 2.45) is 11.3 Å². The quantitative estimate of drug-likeness (QED) is 0.279. The molecule has 0 aromatic heterocycles. The minimum absolute atomic E-state index is 0.00500. The molecule has 2 aliphatic carbocycles. The van der Waals surface area contributed by atoms with Gasteiger partial charge < -0.3 is 20.7 Å². The van der Waals surface area contributed by atoms with Crippen molar-refractivity contribution in [1.82, 2.24) is 14.5 Å². The summed E-state index contributed by atoms with van der Waals surface area (Å²) in [5.41, 5.74) is 7.03. The number of allylic oxidation sites excluding steroid dienone is 2. The molecule has 2 aromatic rings. The van der Waals surface area contributed by atoms with Crippen molar-refractivity contribution in [3.05, 3.63) is 71.6 Å². The van der Waals surface area contributed by atoms with Crippen LogP contribution in [0.2, 0.25) is 0 Å². The Morgan fingerprint density at radius 1 is 1.06 bits per heavy atom. The number of benzene rings is 2. The number of carbonyl (C=O) groups is 4. The normalized spacial score (nSPS) is 29.1. The fourth-order valence-electron chi connectivity index (χ4n) is 7.84. The van der Waals surface area contributed by atoms with Gasteiger partial charge in [-0.15, -0.1) is 0 Å². The van der Waals surface area contributed by atoms with Crippen LogP contribution in [-0.4, -0.2) is 71.4 Å². The van der Waals surface area contributed by atoms with E-state index in [1.165, 1.54) is 15.9 Å². The van der Waals surface area contributed by atoms with E-state index in [1.54, 1.807) is 37.3 Å². The maximum absolute atomic E-state index is 14.5. The second-order valence-electron chi connectivity index (χ2n) is 15.4. The van der Waals surface area contributed by atoms with E-state index >= 15 is 0 Å². The number of anilines is 2. The van der Waals surface area contributed by atoms with E-state index in [9.17, 15) is 32.0 Å². The topological polar surface area (TPSA) is 168 Å². The van der Waals surface area contributed by atoms with Crippen molar-refractivity contribution >= 4 is 45.1 Å². The van der Waals surface area contributed by atoms with Crippen LogP contribution in [0.5, 0.6) is 0 Å². The number of hydrogen-bond donors (Lipinski definition) is 3. The number of carbonyl (C=O) groups excluding carboxylic acids is 4. The number of amides is 3. The maximum Gasteiger partial charge on any atom is 0.410 e. The third-order valence-corrected chi connectivity index (χ3v) is 13.7. The van der Waals surface area contributed by atoms with Crippen molar-refractivity contribution in [3.8, 4) is 0 Å². The summed E-state index contributed by atoms with van der Waals surface area (Å²) in [6.07, 6.45) is 6.95. The molecule has 0 unspecified atom stereocenters. The van der Waals surface area contributed by atoms with Crippen LogP contribution in [0.3, 0.4) is 0 Å². The van der Waals surface area contributed by atoms with Gasteiger partial charge in [-0.3, -0.25) is 24.0 Å². The van der Waals surface area contributed by atoms with E-state index < -0.39 is 62.0 Å². The number of fused-ring (bicyclic) bond motifs is 3. The molecule has 14 heteroatoms. The first-order chi connectivity index (χ1) is 24.8. The Morgan fingerprint density at radius 2 is 1.85 bits per heavy atom. The highest BCUT2D eigenvalue weighted by Gasteiger charge is 2.62. The zero-order valence-corrected chi connectivity index (χ0v) is 30.1. The number of nitrogens with zero attached hydrogens (tertiary/aromatic N) is 2. The van der Waals surface area contributed by atoms with Gasteiger partial charge in [0, 0.05) is 36.3 Å². The van der Waals surface area contributed by atoms with Gasteiger partial charge in [0.15, 0.2) is 5.78 Å². The summed E-state index contributed by atoms with van der Waals surface area (Å²) in [7, 11) is -3.95. The maximum atomic E-state index is 14.5. The van der Waals surface area contributed by atoms with Gasteiger partial charge >= 0.3 is 6.09 Å². The minimum Gasteiger partial charge on any atom is -0.444 e. The Morgan fingerprint density at radius 3 is 2.60 bits per heavy atom. The lowest BCUT2D eigenvalue weighted by Crippen LogP contribution is -2.49. The van der Waals surface area contributed by atoms with Crippen LogP contribution >= 0.6 is 0 Å². The third-order valence-electron chi connectivity index (χ3n) is 11.5. The summed E-state index contributed by atoms with van der Waals surface area (Å²) in [5.74, 6) is -2.19. The summed E-state index contributed by atoms with van der Waals surface area (Å²) in [4.78, 5) is 59.0. The first-order valence-corrected chi connectivity index (χ1v) is 19.7. The molecule has 0 bridgehead atoms. The van der Waals surface area contributed by atoms with Gasteiger partial charge in [0.25, 0.3) is 0 Å². The number of sulfonamides is 1. The van der Waals surface area contributed by atoms with E-state index in [0.717, 1.165) is 25.7 Å². The summed E-state index contributed by atoms with van der Waals surface area (Å²) >= 11 is 0. The van der Waals surface area contributed by atoms with Crippen molar-refractivity contribution in [2.45, 2.75) is 107 Å². The number of rotatable bonds is 6. The standard InChI is InChI=1S/C38H46FN5O7S/c1-37(15-16-37)52(49,50)42-35(47)38-19-25(38)10-5-3-2-4-6-14-31(41-27-12-8-11-26(40)17-27)34(46)44-22-28(18-32(44)33(45)20-38)51-36(48)43-21-24-9-7-13-30(39)29(24)23-43/h5,7-13,17,25,28,31-32,41H,2-4,6,14-16,18-23,40H2,1H3,(H,42,47)/b10-5-/t25-,28-,31+,32+,38-/m1/s1. The molecule has 3 heterocycles. The molecule has 5 aliphatic rings. The molecule has 3 fully saturated rings. The van der Waals surface area contributed by atoms with Crippen LogP contribution in [0.1, 0.15) is 82.3 Å². The highest BCUT2D eigenvalue weighted by atomic mass is 32.2. The zero-order chi connectivity index (χ0) is 36.8. The SMILES string of the molecule is CC1(S(=O)(=O)NC(=O)[C@]23CC(=O)[C@@H]4C[C@@H](OC(=O)N5Cc6cccc(F)c6C5)CN4C(=O)[C@@H](Nc4cccc(N)c4)CCCCC/C=C\[C@@H]2C3)CC1. The van der Waals surface area contributed by atoms with Crippen LogP contribution in [0.25, 0.3) is 0 Å². The van der Waals surface area contributed by atoms with E-state index in [1.807, 2.05) is 18.2 Å². The summed E-state index contributed by atoms with van der Waals surface area (Å²) in [6.45, 7) is 1.76. The molecule has 52 heavy (non-hydrogen) atoms. The van der Waals surface area contributed by atoms with E-state index in [-0.39, 0.29) is 44.3 Å². The second kappa shape index (κ2) is 13.8. The van der Waals surface area contributed by atoms with Gasteiger partial charge in [0.2, 0.25) is 21.8 Å². The fraction of sp³-hybridized carbons (Fsp3) is 0.526. The predicted molar refractivity (Wildman–Crippen MR) is 191 cm³/mol. The van der Waals surface area contributed by atoms with E-state index in [2.05, 4.69) is 10.0 Å². The molecule has 2 aromatic carbocycles. The van der Waals surface area contributed by atoms with Crippen LogP contribution in [0, 0.1) is 17.2 Å². The molecule has 7 rings (SSSR count). The molecule has 5 atom stereocenters. The van der Waals surface area contributed by atoms with Gasteiger partial charge in [-0.1, -0.05) is 43.2 Å². The number of ether oxygens (including phenoxy) is 1. The third kappa shape index (κ3) is 7.13. The number of nitrogen functional groups attached to an aromatic ring is 1. The highest BCUT2D eigenvalue weighted by molar-refractivity contribution is 7.91. The number of hydrogen-bond acceptors (Lipinski definition) is 9. The molecule has 2 saturated carbocycles. The lowest BCUT2D eigenvalue weighted by atomic mass is 9.91. The van der Waals surface area contributed by atoms with Crippen LogP contribution in [-0.2, 0) is 42.2 Å². The Labute approximate surface area is 303 Å². The number of halogens is 1. The van der Waals surface area contributed by atoms with Gasteiger partial charge in [0.05, 0.1) is 29.3 Å². The van der Waals surface area contributed by atoms with Gasteiger partial charge in [-0.05, 0) is 81.2 Å². The average molecular weight is 736 g/mol. The summed E-state index contributed by atoms with van der Waals surface area (Å²) in [6, 6.07) is 10.00. The largest absolute Gasteiger partial charge is 0.444 e. The van der Waals surface area contributed by atoms with Gasteiger partial charge in [0.1, 0.15) is 18.0 Å². The van der Waals surface area contributed by atoms with Crippen molar-refractivity contribution in [2.75, 3.05) is 17.6 Å². The molecule has 0 spiro atoms. The Hall–Kier alpha value is -4.46. The van der Waals surface area contributed by atoms with Crippen LogP contribution in [0.15, 0.2) is 54.6 Å². The van der Waals surface area contributed by atoms with Crippen LogP contribution in [0.4, 0.5) is 20.6 Å². The lowest BCUT2D eigenvalue weighted by Gasteiger charge is -2.30. The molecule has 278 valence electrons. The van der Waals surface area contributed by atoms with Crippen molar-refractivity contribution < 1.29 is 36.7 Å². The Balaban J connectivity index is 1.15. The predicted octanol–water partition coefficient (Wildman–Crippen LogP) is 4.79. The average Bonchev–Trinajstić information content (AvgIpc) is 3.89. The van der Waals surface area contributed by atoms with Crippen molar-refractivity contribution in [3.63, 3.8) is 0 Å². The number of Topliss-reactive ketones (excluding diaryl/α,β-unsaturated/α-hetero) is 1. The number of ketones is 1. The number of nitrogens with two attached hydrogens (primary N) is 1. The smallest absolute Gasteiger partial charge is 0.410 e. The highest BCUT2D eigenvalue weighted by Crippen LogP contribution is 2.57. The molecule has 1 saturated heterocycles. The molecule has 4 N–H and O–H groups in total. The van der Waals surface area contributed by atoms with Gasteiger partial charge in [-0.25, -0.2) is 17.6 Å². The Kier molecular flexibility index (Phi) is 9.55. The fourth-order valence-corrected chi connectivity index (χ4v) is 9.18. The molecule has 3 amide bonds. The van der Waals surface area contributed by atoms with E-state index in [4.69, 9.17) is 10.5 Å². The minimum atomic E-state index is -3.95. The van der Waals surface area contributed by atoms with Crippen molar-refractivity contribution in [1.29, 1.82) is 0 Å². The van der Waals surface area contributed by atoms with E-state index in [0.29, 0.717) is 48.2 Å². The van der Waals surface area contributed by atoms with Crippen LogP contribution < -0.4 is 15.8 Å². The zero-order valence-electron chi connectivity index (χ0n) is 29.3.